The van der Waals surface area contributed by atoms with E-state index in [2.05, 4.69) is 20.7 Å². The first-order valence-electron chi connectivity index (χ1n) is 6.65. The lowest BCUT2D eigenvalue weighted by Crippen LogP contribution is -2.14. The lowest BCUT2D eigenvalue weighted by atomic mass is 10.2. The molecule has 0 radical (unpaired) electrons. The molecule has 0 spiro atoms. The lowest BCUT2D eigenvalue weighted by Gasteiger charge is -2.13. The molecule has 1 saturated heterocycles. The first-order valence-corrected chi connectivity index (χ1v) is 6.65. The van der Waals surface area contributed by atoms with Crippen molar-refractivity contribution in [3.8, 4) is 0 Å². The number of H-pyrrole nitrogens is 1. The van der Waals surface area contributed by atoms with Gasteiger partial charge in [-0.2, -0.15) is 0 Å². The fourth-order valence-corrected chi connectivity index (χ4v) is 2.10. The number of aliphatic carboxylic acids is 1. The van der Waals surface area contributed by atoms with Crippen molar-refractivity contribution in [2.24, 2.45) is 5.73 Å². The zero-order valence-corrected chi connectivity index (χ0v) is 11.7. The summed E-state index contributed by atoms with van der Waals surface area (Å²) in [4.78, 5) is 31.3. The van der Waals surface area contributed by atoms with E-state index in [0.29, 0.717) is 11.2 Å². The van der Waals surface area contributed by atoms with Crippen LogP contribution in [0.15, 0.2) is 17.4 Å². The molecule has 5 N–H and O–H groups in total. The van der Waals surface area contributed by atoms with Crippen LogP contribution in [0.5, 0.6) is 0 Å². The number of hydrogen-bond acceptors (Lipinski definition) is 7. The SMILES string of the molecule is NCC(=O)O.O=c1[nH]cnc2c1ncn2[C@H]1CC[C@@H](CO)O1. The Morgan fingerprint density at radius 3 is 2.82 bits per heavy atom. The Morgan fingerprint density at radius 2 is 2.23 bits per heavy atom. The molecule has 0 aromatic carbocycles. The van der Waals surface area contributed by atoms with Crippen molar-refractivity contribution in [1.29, 1.82) is 0 Å². The van der Waals surface area contributed by atoms with Gasteiger partial charge in [-0.05, 0) is 12.8 Å². The third kappa shape index (κ3) is 3.47. The maximum atomic E-state index is 11.5. The predicted octanol–water partition coefficient (Wildman–Crippen LogP) is -1.18. The minimum Gasteiger partial charge on any atom is -0.480 e. The van der Waals surface area contributed by atoms with Crippen molar-refractivity contribution in [3.63, 3.8) is 0 Å². The number of carboxylic acid groups (broad SMARTS) is 1. The molecule has 120 valence electrons. The summed E-state index contributed by atoms with van der Waals surface area (Å²) >= 11 is 0. The minimum absolute atomic E-state index is 0.0111. The van der Waals surface area contributed by atoms with Crippen LogP contribution < -0.4 is 11.3 Å². The number of nitrogens with zero attached hydrogens (tertiary/aromatic N) is 3. The molecular weight excluding hydrogens is 294 g/mol. The topological polar surface area (TPSA) is 156 Å². The number of nitrogens with one attached hydrogen (secondary N) is 1. The Kier molecular flexibility index (Phi) is 5.20. The number of aliphatic hydroxyl groups is 1. The number of aliphatic hydroxyl groups excluding tert-OH is 1. The second-order valence-electron chi connectivity index (χ2n) is 4.63. The second kappa shape index (κ2) is 7.11. The zero-order chi connectivity index (χ0) is 16.1. The zero-order valence-electron chi connectivity index (χ0n) is 11.7. The van der Waals surface area contributed by atoms with Gasteiger partial charge in [0.15, 0.2) is 11.2 Å². The van der Waals surface area contributed by atoms with Crippen LogP contribution in [-0.4, -0.2) is 55.0 Å². The molecule has 3 rings (SSSR count). The van der Waals surface area contributed by atoms with Crippen molar-refractivity contribution in [1.82, 2.24) is 19.5 Å². The van der Waals surface area contributed by atoms with E-state index in [-0.39, 0.29) is 31.0 Å². The fourth-order valence-electron chi connectivity index (χ4n) is 2.10. The van der Waals surface area contributed by atoms with Gasteiger partial charge >= 0.3 is 5.97 Å². The maximum absolute atomic E-state index is 11.5. The first kappa shape index (κ1) is 16.1. The molecule has 1 aliphatic heterocycles. The third-order valence-electron chi connectivity index (χ3n) is 3.14. The minimum atomic E-state index is -0.968. The highest BCUT2D eigenvalue weighted by molar-refractivity contribution is 5.69. The summed E-state index contributed by atoms with van der Waals surface area (Å²) in [6, 6.07) is 0. The van der Waals surface area contributed by atoms with Gasteiger partial charge in [-0.1, -0.05) is 0 Å². The van der Waals surface area contributed by atoms with E-state index >= 15 is 0 Å². The Hall–Kier alpha value is -2.30. The van der Waals surface area contributed by atoms with Crippen molar-refractivity contribution < 1.29 is 19.7 Å². The summed E-state index contributed by atoms with van der Waals surface area (Å²) in [6.45, 7) is -0.267. The van der Waals surface area contributed by atoms with E-state index in [1.807, 2.05) is 0 Å². The van der Waals surface area contributed by atoms with Crippen LogP contribution in [0, 0.1) is 0 Å². The fraction of sp³-hybridized carbons (Fsp3) is 0.500. The van der Waals surface area contributed by atoms with Crippen molar-refractivity contribution in [2.75, 3.05) is 13.2 Å². The maximum Gasteiger partial charge on any atom is 0.317 e. The summed E-state index contributed by atoms with van der Waals surface area (Å²) in [7, 11) is 0. The summed E-state index contributed by atoms with van der Waals surface area (Å²) in [5.41, 5.74) is 5.13. The van der Waals surface area contributed by atoms with E-state index in [9.17, 15) is 9.59 Å². The van der Waals surface area contributed by atoms with Crippen molar-refractivity contribution >= 4 is 17.1 Å². The number of carbonyl (C=O) groups is 1. The van der Waals surface area contributed by atoms with Crippen LogP contribution in [0.4, 0.5) is 0 Å². The monoisotopic (exact) mass is 311 g/mol. The van der Waals surface area contributed by atoms with Gasteiger partial charge in [-0.3, -0.25) is 14.2 Å². The number of carboxylic acids is 1. The highest BCUT2D eigenvalue weighted by Gasteiger charge is 2.27. The molecule has 0 amide bonds. The number of nitrogens with two attached hydrogens (primary N) is 1. The van der Waals surface area contributed by atoms with E-state index in [4.69, 9.17) is 14.9 Å². The van der Waals surface area contributed by atoms with Crippen LogP contribution in [0.1, 0.15) is 19.1 Å². The number of aromatic amines is 1. The van der Waals surface area contributed by atoms with Crippen LogP contribution >= 0.6 is 0 Å². The standard InChI is InChI=1S/C10H12N4O3.C2H5NO2/c15-3-6-1-2-7(17-6)14-5-13-8-9(14)11-4-12-10(8)16;3-1-2(4)5/h4-7,15H,1-3H2,(H,11,12,16);1,3H2,(H,4,5)/t6-,7+;/m0./s1. The molecule has 3 heterocycles. The normalized spacial score (nSPS) is 20.6. The van der Waals surface area contributed by atoms with Gasteiger partial charge in [0.2, 0.25) is 0 Å². The van der Waals surface area contributed by atoms with Crippen molar-refractivity contribution in [2.45, 2.75) is 25.2 Å². The van der Waals surface area contributed by atoms with E-state index in [1.165, 1.54) is 6.33 Å². The number of ether oxygens (including phenoxy) is 1. The molecule has 0 unspecified atom stereocenters. The molecule has 0 saturated carbocycles. The second-order valence-corrected chi connectivity index (χ2v) is 4.63. The van der Waals surface area contributed by atoms with Gasteiger partial charge in [0.25, 0.3) is 5.56 Å². The highest BCUT2D eigenvalue weighted by atomic mass is 16.5. The molecule has 0 bridgehead atoms. The van der Waals surface area contributed by atoms with Gasteiger partial charge in [0.05, 0.1) is 31.9 Å². The molecule has 10 nitrogen and oxygen atoms in total. The Bertz CT molecular complexity index is 697. The molecule has 2 aromatic rings. The van der Waals surface area contributed by atoms with E-state index in [1.54, 1.807) is 10.9 Å². The van der Waals surface area contributed by atoms with Gasteiger partial charge in [0, 0.05) is 0 Å². The molecule has 1 aliphatic rings. The number of rotatable bonds is 3. The summed E-state index contributed by atoms with van der Waals surface area (Å²) in [5.74, 6) is -0.968. The number of hydrogen-bond donors (Lipinski definition) is 4. The highest BCUT2D eigenvalue weighted by Crippen LogP contribution is 2.29. The van der Waals surface area contributed by atoms with E-state index < -0.39 is 5.97 Å². The molecule has 0 aliphatic carbocycles. The van der Waals surface area contributed by atoms with Gasteiger partial charge in [-0.25, -0.2) is 9.97 Å². The van der Waals surface area contributed by atoms with Gasteiger partial charge < -0.3 is 25.7 Å². The average Bonchev–Trinajstić information content (AvgIpc) is 3.14. The summed E-state index contributed by atoms with van der Waals surface area (Å²) < 4.78 is 7.36. The molecule has 2 aromatic heterocycles. The largest absolute Gasteiger partial charge is 0.480 e. The predicted molar refractivity (Wildman–Crippen MR) is 75.1 cm³/mol. The smallest absolute Gasteiger partial charge is 0.317 e. The number of fused-ring (bicyclic) bond motifs is 1. The first-order chi connectivity index (χ1) is 10.6. The number of imidazole rings is 1. The lowest BCUT2D eigenvalue weighted by molar-refractivity contribution is -0.135. The Labute approximate surface area is 124 Å². The van der Waals surface area contributed by atoms with Crippen LogP contribution in [0.3, 0.4) is 0 Å². The van der Waals surface area contributed by atoms with E-state index in [0.717, 1.165) is 12.8 Å². The molecule has 2 atom stereocenters. The van der Waals surface area contributed by atoms with Crippen LogP contribution in [0.25, 0.3) is 11.2 Å². The van der Waals surface area contributed by atoms with Crippen LogP contribution in [-0.2, 0) is 9.53 Å². The molecule has 1 fully saturated rings. The molecular formula is C12H17N5O5. The Balaban J connectivity index is 0.000000309. The van der Waals surface area contributed by atoms with Gasteiger partial charge in [0.1, 0.15) is 6.23 Å². The van der Waals surface area contributed by atoms with Crippen molar-refractivity contribution in [3.05, 3.63) is 23.0 Å². The summed E-state index contributed by atoms with van der Waals surface area (Å²) in [6.07, 6.45) is 4.14. The summed E-state index contributed by atoms with van der Waals surface area (Å²) in [5, 5.41) is 16.6. The molecule has 22 heavy (non-hydrogen) atoms. The van der Waals surface area contributed by atoms with Gasteiger partial charge in [-0.15, -0.1) is 0 Å². The third-order valence-corrected chi connectivity index (χ3v) is 3.14. The quantitative estimate of drug-likeness (QED) is 0.551. The average molecular weight is 311 g/mol. The Morgan fingerprint density at radius 1 is 1.50 bits per heavy atom. The molecule has 10 heteroatoms. The number of aromatic nitrogens is 4. The van der Waals surface area contributed by atoms with Crippen LogP contribution in [0.2, 0.25) is 0 Å².